The first-order valence-corrected chi connectivity index (χ1v) is 6.63. The Morgan fingerprint density at radius 2 is 2.00 bits per heavy atom. The third-order valence-electron chi connectivity index (χ3n) is 3.54. The summed E-state index contributed by atoms with van der Waals surface area (Å²) in [6, 6.07) is 11.7. The fourth-order valence-corrected chi connectivity index (χ4v) is 2.50. The number of hydrogen-bond donors (Lipinski definition) is 2. The van der Waals surface area contributed by atoms with Crippen molar-refractivity contribution in [3.63, 3.8) is 0 Å². The van der Waals surface area contributed by atoms with Crippen LogP contribution in [-0.2, 0) is 6.42 Å². The Bertz CT molecular complexity index is 969. The molecule has 4 rings (SSSR count). The van der Waals surface area contributed by atoms with E-state index in [1.807, 2.05) is 36.5 Å². The van der Waals surface area contributed by atoms with Gasteiger partial charge >= 0.3 is 0 Å². The minimum absolute atomic E-state index is 0.668. The Morgan fingerprint density at radius 1 is 1.14 bits per heavy atom. The molecule has 0 bridgehead atoms. The lowest BCUT2D eigenvalue weighted by Gasteiger charge is -1.97. The van der Waals surface area contributed by atoms with Crippen LogP contribution in [0, 0.1) is 11.3 Å². The van der Waals surface area contributed by atoms with Crippen LogP contribution >= 0.6 is 0 Å². The van der Waals surface area contributed by atoms with Crippen LogP contribution in [0.4, 0.5) is 0 Å². The van der Waals surface area contributed by atoms with Crippen molar-refractivity contribution in [3.05, 3.63) is 59.7 Å². The van der Waals surface area contributed by atoms with Crippen molar-refractivity contribution in [2.24, 2.45) is 0 Å². The molecule has 5 heteroatoms. The van der Waals surface area contributed by atoms with Crippen molar-refractivity contribution in [1.29, 1.82) is 5.26 Å². The molecule has 0 unspecified atom stereocenters. The first-order valence-electron chi connectivity index (χ1n) is 6.63. The number of pyridine rings is 1. The average Bonchev–Trinajstić information content (AvgIpc) is 3.12. The molecule has 21 heavy (non-hydrogen) atoms. The van der Waals surface area contributed by atoms with Crippen LogP contribution in [0.25, 0.3) is 22.1 Å². The first kappa shape index (κ1) is 11.7. The van der Waals surface area contributed by atoms with Gasteiger partial charge in [0.2, 0.25) is 0 Å². The van der Waals surface area contributed by atoms with Crippen LogP contribution in [0.1, 0.15) is 17.0 Å². The highest BCUT2D eigenvalue weighted by Crippen LogP contribution is 2.21. The van der Waals surface area contributed by atoms with E-state index in [0.717, 1.165) is 33.5 Å². The second-order valence-corrected chi connectivity index (χ2v) is 4.93. The number of nitrogens with one attached hydrogen (secondary N) is 2. The zero-order chi connectivity index (χ0) is 14.2. The van der Waals surface area contributed by atoms with Gasteiger partial charge in [0.05, 0.1) is 23.3 Å². The number of nitrogens with zero attached hydrogens (tertiary/aromatic N) is 3. The van der Waals surface area contributed by atoms with Crippen molar-refractivity contribution in [1.82, 2.24) is 19.9 Å². The van der Waals surface area contributed by atoms with Crippen molar-refractivity contribution in [2.75, 3.05) is 0 Å². The maximum absolute atomic E-state index is 8.82. The number of aromatic amines is 2. The lowest BCUT2D eigenvalue weighted by atomic mass is 10.1. The molecule has 2 N–H and O–H groups in total. The minimum Gasteiger partial charge on any atom is -0.346 e. The number of H-pyrrole nitrogens is 2. The van der Waals surface area contributed by atoms with Gasteiger partial charge in [-0.2, -0.15) is 5.26 Å². The molecule has 0 aliphatic heterocycles. The summed E-state index contributed by atoms with van der Waals surface area (Å²) >= 11 is 0. The molecule has 0 fully saturated rings. The normalized spacial score (nSPS) is 11.0. The van der Waals surface area contributed by atoms with Gasteiger partial charge < -0.3 is 9.97 Å². The predicted molar refractivity (Wildman–Crippen MR) is 79.7 cm³/mol. The van der Waals surface area contributed by atoms with E-state index in [2.05, 4.69) is 26.0 Å². The predicted octanol–water partition coefficient (Wildman–Crippen LogP) is 2.90. The van der Waals surface area contributed by atoms with E-state index in [-0.39, 0.29) is 0 Å². The van der Waals surface area contributed by atoms with E-state index in [9.17, 15) is 0 Å². The Labute approximate surface area is 120 Å². The average molecular weight is 273 g/mol. The van der Waals surface area contributed by atoms with Gasteiger partial charge in [0.15, 0.2) is 0 Å². The van der Waals surface area contributed by atoms with E-state index in [0.29, 0.717) is 12.0 Å². The number of imidazole rings is 1. The Hall–Kier alpha value is -3.13. The summed E-state index contributed by atoms with van der Waals surface area (Å²) in [5, 5.41) is 9.84. The standard InChI is InChI=1S/C16H11N5/c17-8-11-3-1-10(2-4-11)7-14-20-13-9-19-16-12(5-6-18-16)15(13)21-14/h1-6,9H,7H2,(H,18,19)(H,20,21). The molecule has 4 aromatic rings. The van der Waals surface area contributed by atoms with Gasteiger partial charge in [-0.25, -0.2) is 9.97 Å². The van der Waals surface area contributed by atoms with Gasteiger partial charge in [0.1, 0.15) is 17.0 Å². The fraction of sp³-hybridized carbons (Fsp3) is 0.0625. The maximum atomic E-state index is 8.82. The third kappa shape index (κ3) is 1.94. The van der Waals surface area contributed by atoms with Crippen molar-refractivity contribution < 1.29 is 0 Å². The smallest absolute Gasteiger partial charge is 0.139 e. The van der Waals surface area contributed by atoms with E-state index in [4.69, 9.17) is 5.26 Å². The number of rotatable bonds is 2. The minimum atomic E-state index is 0.668. The number of aromatic nitrogens is 4. The molecule has 0 amide bonds. The summed E-state index contributed by atoms with van der Waals surface area (Å²) in [6.07, 6.45) is 4.36. The second kappa shape index (κ2) is 4.46. The first-order chi connectivity index (χ1) is 10.3. The van der Waals surface area contributed by atoms with Crippen LogP contribution in [0.2, 0.25) is 0 Å². The fourth-order valence-electron chi connectivity index (χ4n) is 2.50. The highest BCUT2D eigenvalue weighted by molar-refractivity contribution is 6.00. The molecular formula is C16H11N5. The summed E-state index contributed by atoms with van der Waals surface area (Å²) in [4.78, 5) is 15.4. The number of fused-ring (bicyclic) bond motifs is 3. The zero-order valence-electron chi connectivity index (χ0n) is 11.1. The molecule has 0 atom stereocenters. The summed E-state index contributed by atoms with van der Waals surface area (Å²) in [7, 11) is 0. The van der Waals surface area contributed by atoms with Crippen LogP contribution in [-0.4, -0.2) is 19.9 Å². The van der Waals surface area contributed by atoms with E-state index < -0.39 is 0 Å². The number of benzene rings is 1. The Morgan fingerprint density at radius 3 is 2.81 bits per heavy atom. The van der Waals surface area contributed by atoms with Crippen molar-refractivity contribution in [2.45, 2.75) is 6.42 Å². The topological polar surface area (TPSA) is 81.2 Å². The van der Waals surface area contributed by atoms with Gasteiger partial charge in [0, 0.05) is 18.0 Å². The highest BCUT2D eigenvalue weighted by Gasteiger charge is 2.08. The maximum Gasteiger partial charge on any atom is 0.139 e. The van der Waals surface area contributed by atoms with Crippen LogP contribution in [0.15, 0.2) is 42.7 Å². The van der Waals surface area contributed by atoms with Gasteiger partial charge in [0.25, 0.3) is 0 Å². The Balaban J connectivity index is 1.74. The largest absolute Gasteiger partial charge is 0.346 e. The monoisotopic (exact) mass is 273 g/mol. The molecule has 5 nitrogen and oxygen atoms in total. The van der Waals surface area contributed by atoms with Crippen LogP contribution < -0.4 is 0 Å². The zero-order valence-corrected chi connectivity index (χ0v) is 11.1. The second-order valence-electron chi connectivity index (χ2n) is 4.93. The summed E-state index contributed by atoms with van der Waals surface area (Å²) in [5.41, 5.74) is 4.50. The molecule has 100 valence electrons. The lowest BCUT2D eigenvalue weighted by Crippen LogP contribution is -1.90. The van der Waals surface area contributed by atoms with E-state index in [1.165, 1.54) is 0 Å². The van der Waals surface area contributed by atoms with Crippen molar-refractivity contribution >= 4 is 22.1 Å². The quantitative estimate of drug-likeness (QED) is 0.589. The molecule has 3 aromatic heterocycles. The number of hydrogen-bond acceptors (Lipinski definition) is 3. The molecule has 1 aromatic carbocycles. The molecule has 0 saturated carbocycles. The summed E-state index contributed by atoms with van der Waals surface area (Å²) < 4.78 is 0. The molecule has 0 spiro atoms. The SMILES string of the molecule is N#Cc1ccc(Cc2nc3c(cnc4[nH]ccc43)[nH]2)cc1. The molecule has 0 aliphatic rings. The van der Waals surface area contributed by atoms with E-state index in [1.54, 1.807) is 6.20 Å². The summed E-state index contributed by atoms with van der Waals surface area (Å²) in [5.74, 6) is 0.894. The van der Waals surface area contributed by atoms with Gasteiger partial charge in [-0.15, -0.1) is 0 Å². The molecular weight excluding hydrogens is 262 g/mol. The summed E-state index contributed by atoms with van der Waals surface area (Å²) in [6.45, 7) is 0. The van der Waals surface area contributed by atoms with Crippen molar-refractivity contribution in [3.8, 4) is 6.07 Å². The highest BCUT2D eigenvalue weighted by atomic mass is 14.9. The third-order valence-corrected chi connectivity index (χ3v) is 3.54. The molecule has 0 aliphatic carbocycles. The van der Waals surface area contributed by atoms with Crippen LogP contribution in [0.5, 0.6) is 0 Å². The van der Waals surface area contributed by atoms with Gasteiger partial charge in [-0.05, 0) is 23.8 Å². The lowest BCUT2D eigenvalue weighted by molar-refractivity contribution is 1.04. The van der Waals surface area contributed by atoms with Gasteiger partial charge in [-0.3, -0.25) is 0 Å². The van der Waals surface area contributed by atoms with Gasteiger partial charge in [-0.1, -0.05) is 12.1 Å². The van der Waals surface area contributed by atoms with E-state index >= 15 is 0 Å². The molecule has 0 radical (unpaired) electrons. The van der Waals surface area contributed by atoms with Crippen LogP contribution in [0.3, 0.4) is 0 Å². The number of nitriles is 1. The Kier molecular flexibility index (Phi) is 2.48. The molecule has 3 heterocycles. The molecule has 0 saturated heterocycles.